The minimum atomic E-state index is -1.46. The van der Waals surface area contributed by atoms with Crippen molar-refractivity contribution in [2.24, 2.45) is 0 Å². The molecule has 1 unspecified atom stereocenters. The molecule has 23 heavy (non-hydrogen) atoms. The van der Waals surface area contributed by atoms with Crippen LogP contribution in [0.2, 0.25) is 0 Å². The van der Waals surface area contributed by atoms with Crippen LogP contribution in [0.4, 0.5) is 25.0 Å². The summed E-state index contributed by atoms with van der Waals surface area (Å²) in [4.78, 5) is 11.9. The Hall–Kier alpha value is -2.48. The van der Waals surface area contributed by atoms with Crippen LogP contribution in [-0.4, -0.2) is 23.6 Å². The molecule has 0 aromatic heterocycles. The minimum absolute atomic E-state index is 0.0471. The second-order valence-corrected chi connectivity index (χ2v) is 5.91. The molecule has 2 aromatic carbocycles. The Morgan fingerprint density at radius 3 is 2.39 bits per heavy atom. The lowest BCUT2D eigenvalue weighted by Crippen LogP contribution is -2.19. The highest BCUT2D eigenvalue weighted by molar-refractivity contribution is 7.84. The van der Waals surface area contributed by atoms with Crippen LogP contribution in [-0.2, 0) is 10.8 Å². The van der Waals surface area contributed by atoms with Gasteiger partial charge < -0.3 is 15.4 Å². The molecule has 0 spiro atoms. The number of ether oxygens (including phenoxy) is 1. The molecule has 122 valence electrons. The van der Waals surface area contributed by atoms with Gasteiger partial charge >= 0.3 is 6.03 Å². The van der Waals surface area contributed by atoms with Crippen molar-refractivity contribution in [1.82, 2.24) is 0 Å². The number of methoxy groups -OCH3 is 1. The van der Waals surface area contributed by atoms with Crippen molar-refractivity contribution in [2.45, 2.75) is 4.90 Å². The Morgan fingerprint density at radius 2 is 1.78 bits per heavy atom. The Bertz CT molecular complexity index is 768. The lowest BCUT2D eigenvalue weighted by atomic mass is 10.3. The molecule has 0 bridgehead atoms. The first kappa shape index (κ1) is 16.9. The largest absolute Gasteiger partial charge is 0.497 e. The van der Waals surface area contributed by atoms with Gasteiger partial charge in [0.25, 0.3) is 0 Å². The van der Waals surface area contributed by atoms with Crippen LogP contribution in [0.25, 0.3) is 0 Å². The van der Waals surface area contributed by atoms with E-state index in [4.69, 9.17) is 4.74 Å². The van der Waals surface area contributed by atoms with E-state index in [0.717, 1.165) is 12.1 Å². The Morgan fingerprint density at radius 1 is 1.09 bits per heavy atom. The highest BCUT2D eigenvalue weighted by atomic mass is 32.2. The highest BCUT2D eigenvalue weighted by Gasteiger charge is 2.10. The zero-order valence-electron chi connectivity index (χ0n) is 12.4. The fourth-order valence-electron chi connectivity index (χ4n) is 1.86. The third kappa shape index (κ3) is 4.49. The second-order valence-electron chi connectivity index (χ2n) is 4.56. The summed E-state index contributed by atoms with van der Waals surface area (Å²) >= 11 is 0. The summed E-state index contributed by atoms with van der Waals surface area (Å²) in [5.74, 6) is -1.00. The van der Waals surface area contributed by atoms with Crippen LogP contribution in [0.3, 0.4) is 0 Å². The van der Waals surface area contributed by atoms with Crippen molar-refractivity contribution in [3.63, 3.8) is 0 Å². The number of nitrogens with one attached hydrogen (secondary N) is 2. The Labute approximate surface area is 134 Å². The van der Waals surface area contributed by atoms with Gasteiger partial charge in [-0.25, -0.2) is 13.6 Å². The number of urea groups is 1. The van der Waals surface area contributed by atoms with Gasteiger partial charge in [0.15, 0.2) is 0 Å². The summed E-state index contributed by atoms with van der Waals surface area (Å²) in [6.07, 6.45) is 1.36. The molecule has 0 heterocycles. The van der Waals surface area contributed by atoms with Crippen molar-refractivity contribution in [1.29, 1.82) is 0 Å². The van der Waals surface area contributed by atoms with Crippen molar-refractivity contribution < 1.29 is 22.5 Å². The number of carbonyl (C=O) groups is 1. The van der Waals surface area contributed by atoms with Gasteiger partial charge in [-0.3, -0.25) is 4.21 Å². The molecule has 0 fully saturated rings. The summed E-state index contributed by atoms with van der Waals surface area (Å²) in [6.45, 7) is 0. The molecule has 0 aliphatic carbocycles. The maximum Gasteiger partial charge on any atom is 0.323 e. The Kier molecular flexibility index (Phi) is 5.28. The van der Waals surface area contributed by atoms with Gasteiger partial charge in [0.1, 0.15) is 17.4 Å². The summed E-state index contributed by atoms with van der Waals surface area (Å²) in [7, 11) is -0.0827. The van der Waals surface area contributed by atoms with Crippen LogP contribution in [0.15, 0.2) is 41.3 Å². The third-order valence-corrected chi connectivity index (χ3v) is 3.81. The molecule has 0 saturated carbocycles. The first-order valence-corrected chi connectivity index (χ1v) is 8.00. The number of benzene rings is 2. The molecule has 0 radical (unpaired) electrons. The fourth-order valence-corrected chi connectivity index (χ4v) is 2.45. The van der Waals surface area contributed by atoms with Gasteiger partial charge in [-0.2, -0.15) is 0 Å². The van der Waals surface area contributed by atoms with E-state index < -0.39 is 28.5 Å². The molecule has 2 rings (SSSR count). The van der Waals surface area contributed by atoms with E-state index in [1.807, 2.05) is 0 Å². The van der Waals surface area contributed by atoms with Gasteiger partial charge in [0.05, 0.1) is 22.8 Å². The number of rotatable bonds is 4. The number of hydrogen-bond acceptors (Lipinski definition) is 3. The second kappa shape index (κ2) is 7.19. The molecule has 2 amide bonds. The number of hydrogen-bond donors (Lipinski definition) is 2. The van der Waals surface area contributed by atoms with Gasteiger partial charge in [0, 0.05) is 29.8 Å². The molecule has 0 aliphatic rings. The molecule has 2 aromatic rings. The quantitative estimate of drug-likeness (QED) is 0.897. The topological polar surface area (TPSA) is 67.4 Å². The average molecular weight is 340 g/mol. The predicted octanol–water partition coefficient (Wildman–Crippen LogP) is 3.35. The standard InChI is InChI=1S/C15H14F2N2O3S/c1-22-12-6-9(16)5-11(7-12)19-15(20)18-10-3-4-14(23(2)21)13(17)8-10/h3-8H,1-2H3,(H2,18,19,20). The van der Waals surface area contributed by atoms with E-state index in [1.54, 1.807) is 0 Å². The van der Waals surface area contributed by atoms with Gasteiger partial charge in [-0.15, -0.1) is 0 Å². The van der Waals surface area contributed by atoms with E-state index in [2.05, 4.69) is 10.6 Å². The third-order valence-electron chi connectivity index (χ3n) is 2.86. The molecule has 0 aliphatic heterocycles. The summed E-state index contributed by atoms with van der Waals surface area (Å²) < 4.78 is 43.2. The highest BCUT2D eigenvalue weighted by Crippen LogP contribution is 2.21. The van der Waals surface area contributed by atoms with Crippen LogP contribution < -0.4 is 15.4 Å². The van der Waals surface area contributed by atoms with E-state index >= 15 is 0 Å². The van der Waals surface area contributed by atoms with Gasteiger partial charge in [0.2, 0.25) is 0 Å². The zero-order valence-corrected chi connectivity index (χ0v) is 13.2. The lowest BCUT2D eigenvalue weighted by molar-refractivity contribution is 0.262. The SMILES string of the molecule is COc1cc(F)cc(NC(=O)Nc2ccc(S(C)=O)c(F)c2)c1. The average Bonchev–Trinajstić information content (AvgIpc) is 2.45. The van der Waals surface area contributed by atoms with E-state index in [9.17, 15) is 17.8 Å². The molecular weight excluding hydrogens is 326 g/mol. The van der Waals surface area contributed by atoms with Crippen LogP contribution in [0.5, 0.6) is 5.75 Å². The zero-order chi connectivity index (χ0) is 17.0. The number of halogens is 2. The van der Waals surface area contributed by atoms with Crippen molar-refractivity contribution in [2.75, 3.05) is 24.0 Å². The summed E-state index contributed by atoms with van der Waals surface area (Å²) in [6, 6.07) is 6.85. The molecule has 5 nitrogen and oxygen atoms in total. The van der Waals surface area contributed by atoms with Gasteiger partial charge in [-0.1, -0.05) is 0 Å². The van der Waals surface area contributed by atoms with Crippen LogP contribution in [0.1, 0.15) is 0 Å². The summed E-state index contributed by atoms with van der Waals surface area (Å²) in [5, 5.41) is 4.81. The van der Waals surface area contributed by atoms with Crippen molar-refractivity contribution in [3.05, 3.63) is 48.0 Å². The number of amides is 2. The monoisotopic (exact) mass is 340 g/mol. The fraction of sp³-hybridized carbons (Fsp3) is 0.133. The smallest absolute Gasteiger partial charge is 0.323 e. The number of carbonyl (C=O) groups excluding carboxylic acids is 1. The van der Waals surface area contributed by atoms with Crippen molar-refractivity contribution in [3.8, 4) is 5.75 Å². The van der Waals surface area contributed by atoms with Gasteiger partial charge in [-0.05, 0) is 24.3 Å². The predicted molar refractivity (Wildman–Crippen MR) is 84.3 cm³/mol. The van der Waals surface area contributed by atoms with E-state index in [-0.39, 0.29) is 22.0 Å². The maximum atomic E-state index is 13.7. The first-order valence-electron chi connectivity index (χ1n) is 6.44. The normalized spacial score (nSPS) is 11.7. The minimum Gasteiger partial charge on any atom is -0.497 e. The first-order chi connectivity index (χ1) is 10.9. The van der Waals surface area contributed by atoms with Crippen LogP contribution >= 0.6 is 0 Å². The van der Waals surface area contributed by atoms with Crippen molar-refractivity contribution >= 4 is 28.2 Å². The molecule has 8 heteroatoms. The van der Waals surface area contributed by atoms with E-state index in [1.165, 1.54) is 37.6 Å². The molecule has 1 atom stereocenters. The molecular formula is C15H14F2N2O3S. The summed E-state index contributed by atoms with van der Waals surface area (Å²) in [5.41, 5.74) is 0.365. The Balaban J connectivity index is 2.09. The maximum absolute atomic E-state index is 13.7. The molecule has 0 saturated heterocycles. The lowest BCUT2D eigenvalue weighted by Gasteiger charge is -2.10. The number of anilines is 2. The van der Waals surface area contributed by atoms with Crippen LogP contribution in [0, 0.1) is 11.6 Å². The van der Waals surface area contributed by atoms with E-state index in [0.29, 0.717) is 0 Å². The molecule has 2 N–H and O–H groups in total.